The number of hydrogen-bond acceptors (Lipinski definition) is 3. The second-order valence-electron chi connectivity index (χ2n) is 9.76. The van der Waals surface area contributed by atoms with Crippen molar-refractivity contribution >= 4 is 11.7 Å². The van der Waals surface area contributed by atoms with E-state index in [1.54, 1.807) is 6.20 Å². The van der Waals surface area contributed by atoms with Gasteiger partial charge in [-0.15, -0.1) is 0 Å². The Labute approximate surface area is 203 Å². The molecule has 0 bridgehead atoms. The average Bonchev–Trinajstić information content (AvgIpc) is 3.28. The quantitative estimate of drug-likeness (QED) is 0.412. The Hall–Kier alpha value is -3.29. The van der Waals surface area contributed by atoms with Gasteiger partial charge in [-0.05, 0) is 56.4 Å². The molecule has 0 aliphatic carbocycles. The Bertz CT molecular complexity index is 1180. The number of halogens is 3. The smallest absolute Gasteiger partial charge is 0.363 e. The molecule has 1 amide bonds. The van der Waals surface area contributed by atoms with Gasteiger partial charge in [0.25, 0.3) is 5.91 Å². The molecule has 1 aromatic heterocycles. The summed E-state index contributed by atoms with van der Waals surface area (Å²) in [6, 6.07) is 15.1. The summed E-state index contributed by atoms with van der Waals surface area (Å²) in [4.78, 5) is 13.6. The highest BCUT2D eigenvalue weighted by atomic mass is 19.4. The van der Waals surface area contributed by atoms with Gasteiger partial charge in [0.2, 0.25) is 0 Å². The first-order valence-electron chi connectivity index (χ1n) is 11.9. The van der Waals surface area contributed by atoms with Crippen LogP contribution in [0.4, 0.5) is 19.0 Å². The molecule has 0 fully saturated rings. The molecule has 2 heterocycles. The van der Waals surface area contributed by atoms with Gasteiger partial charge in [-0.1, -0.05) is 56.3 Å². The van der Waals surface area contributed by atoms with Crippen LogP contribution in [0.25, 0.3) is 0 Å². The van der Waals surface area contributed by atoms with E-state index in [4.69, 9.17) is 0 Å². The number of nitrogens with one attached hydrogen (secondary N) is 2. The van der Waals surface area contributed by atoms with Crippen molar-refractivity contribution in [2.45, 2.75) is 70.3 Å². The Morgan fingerprint density at radius 2 is 1.66 bits per heavy atom. The van der Waals surface area contributed by atoms with Crippen molar-refractivity contribution < 1.29 is 18.0 Å². The first-order chi connectivity index (χ1) is 16.5. The van der Waals surface area contributed by atoms with Crippen LogP contribution in [0.5, 0.6) is 0 Å². The van der Waals surface area contributed by atoms with E-state index < -0.39 is 17.3 Å². The fraction of sp³-hybridized carbons (Fsp3) is 0.407. The molecule has 186 valence electrons. The highest BCUT2D eigenvalue weighted by Gasteiger charge is 2.39. The number of amides is 1. The summed E-state index contributed by atoms with van der Waals surface area (Å²) in [5, 5.41) is 11.1. The third kappa shape index (κ3) is 4.66. The van der Waals surface area contributed by atoms with Crippen LogP contribution in [0.1, 0.15) is 80.0 Å². The lowest BCUT2D eigenvalue weighted by Crippen LogP contribution is -2.45. The SMILES string of the molecule is CCC(CC)(NC(=O)c1cnn2c1NC(c1ccccc1)CC2(C)C)c1ccc(C(F)(F)F)cc1. The van der Waals surface area contributed by atoms with Crippen molar-refractivity contribution in [3.63, 3.8) is 0 Å². The van der Waals surface area contributed by atoms with Crippen LogP contribution in [-0.4, -0.2) is 15.7 Å². The van der Waals surface area contributed by atoms with Crippen molar-refractivity contribution in [1.82, 2.24) is 15.1 Å². The maximum absolute atomic E-state index is 13.6. The number of aromatic nitrogens is 2. The minimum atomic E-state index is -4.41. The summed E-state index contributed by atoms with van der Waals surface area (Å²) < 4.78 is 41.0. The molecule has 3 aromatic rings. The molecule has 0 saturated carbocycles. The number of carbonyl (C=O) groups is 1. The monoisotopic (exact) mass is 484 g/mol. The minimum absolute atomic E-state index is 0.0129. The summed E-state index contributed by atoms with van der Waals surface area (Å²) in [7, 11) is 0. The topological polar surface area (TPSA) is 59.0 Å². The Morgan fingerprint density at radius 1 is 1.06 bits per heavy atom. The molecule has 4 rings (SSSR count). The maximum atomic E-state index is 13.6. The van der Waals surface area contributed by atoms with E-state index in [9.17, 15) is 18.0 Å². The highest BCUT2D eigenvalue weighted by Crippen LogP contribution is 2.40. The summed E-state index contributed by atoms with van der Waals surface area (Å²) >= 11 is 0. The van der Waals surface area contributed by atoms with E-state index in [1.165, 1.54) is 12.1 Å². The number of anilines is 1. The van der Waals surface area contributed by atoms with E-state index >= 15 is 0 Å². The third-order valence-corrected chi connectivity index (χ3v) is 7.13. The molecule has 2 aromatic carbocycles. The number of rotatable bonds is 6. The minimum Gasteiger partial charge on any atom is -0.363 e. The number of hydrogen-bond donors (Lipinski definition) is 2. The van der Waals surface area contributed by atoms with Gasteiger partial charge in [0.15, 0.2) is 0 Å². The molecular weight excluding hydrogens is 453 g/mol. The van der Waals surface area contributed by atoms with E-state index in [-0.39, 0.29) is 17.5 Å². The predicted octanol–water partition coefficient (Wildman–Crippen LogP) is 6.64. The molecule has 1 unspecified atom stereocenters. The summed E-state index contributed by atoms with van der Waals surface area (Å²) in [6.07, 6.45) is -0.999. The molecule has 35 heavy (non-hydrogen) atoms. The van der Waals surface area contributed by atoms with Gasteiger partial charge in [-0.3, -0.25) is 4.79 Å². The zero-order chi connectivity index (χ0) is 25.4. The molecule has 1 atom stereocenters. The zero-order valence-electron chi connectivity index (χ0n) is 20.4. The van der Waals surface area contributed by atoms with Crippen LogP contribution in [0.2, 0.25) is 0 Å². The largest absolute Gasteiger partial charge is 0.416 e. The van der Waals surface area contributed by atoms with Gasteiger partial charge in [0, 0.05) is 0 Å². The van der Waals surface area contributed by atoms with Crippen LogP contribution in [0, 0.1) is 0 Å². The molecule has 5 nitrogen and oxygen atoms in total. The number of alkyl halides is 3. The Kier molecular flexibility index (Phi) is 6.42. The van der Waals surface area contributed by atoms with Crippen molar-refractivity contribution in [2.24, 2.45) is 0 Å². The van der Waals surface area contributed by atoms with Crippen LogP contribution >= 0.6 is 0 Å². The van der Waals surface area contributed by atoms with E-state index in [0.717, 1.165) is 24.1 Å². The first kappa shape index (κ1) is 24.8. The molecule has 0 radical (unpaired) electrons. The van der Waals surface area contributed by atoms with Crippen LogP contribution in [0.15, 0.2) is 60.8 Å². The Balaban J connectivity index is 1.65. The van der Waals surface area contributed by atoms with E-state index in [0.29, 0.717) is 29.8 Å². The van der Waals surface area contributed by atoms with E-state index in [1.807, 2.05) is 36.7 Å². The van der Waals surface area contributed by atoms with Gasteiger partial charge >= 0.3 is 6.18 Å². The lowest BCUT2D eigenvalue weighted by molar-refractivity contribution is -0.137. The first-order valence-corrected chi connectivity index (χ1v) is 11.9. The average molecular weight is 485 g/mol. The fourth-order valence-electron chi connectivity index (χ4n) is 4.97. The fourth-order valence-corrected chi connectivity index (χ4v) is 4.97. The van der Waals surface area contributed by atoms with Gasteiger partial charge in [0.05, 0.1) is 28.9 Å². The van der Waals surface area contributed by atoms with Crippen molar-refractivity contribution in [2.75, 3.05) is 5.32 Å². The molecule has 8 heteroatoms. The molecule has 1 aliphatic heterocycles. The summed E-state index contributed by atoms with van der Waals surface area (Å²) in [5.74, 6) is 0.327. The number of nitrogens with zero attached hydrogens (tertiary/aromatic N) is 2. The second-order valence-corrected chi connectivity index (χ2v) is 9.76. The van der Waals surface area contributed by atoms with Gasteiger partial charge in [0.1, 0.15) is 11.4 Å². The highest BCUT2D eigenvalue weighted by molar-refractivity contribution is 5.99. The van der Waals surface area contributed by atoms with Gasteiger partial charge in [-0.2, -0.15) is 18.3 Å². The zero-order valence-corrected chi connectivity index (χ0v) is 20.4. The lowest BCUT2D eigenvalue weighted by atomic mass is 9.84. The van der Waals surface area contributed by atoms with Gasteiger partial charge in [-0.25, -0.2) is 4.68 Å². The number of fused-ring (bicyclic) bond motifs is 1. The number of benzene rings is 2. The second kappa shape index (κ2) is 9.06. The van der Waals surface area contributed by atoms with Gasteiger partial charge < -0.3 is 10.6 Å². The van der Waals surface area contributed by atoms with Crippen molar-refractivity contribution in [3.8, 4) is 0 Å². The van der Waals surface area contributed by atoms with Crippen LogP contribution in [0.3, 0.4) is 0 Å². The summed E-state index contributed by atoms with van der Waals surface area (Å²) in [5.41, 5.74) is 0.342. The van der Waals surface area contributed by atoms with Crippen molar-refractivity contribution in [1.29, 1.82) is 0 Å². The lowest BCUT2D eigenvalue weighted by Gasteiger charge is -2.38. The van der Waals surface area contributed by atoms with Crippen LogP contribution < -0.4 is 10.6 Å². The summed E-state index contributed by atoms with van der Waals surface area (Å²) in [6.45, 7) is 8.02. The standard InChI is InChI=1S/C27H31F3N4O/c1-5-26(6-2,19-12-14-20(15-13-19)27(28,29)30)33-24(35)21-17-31-34-23(21)32-22(16-25(34,3)4)18-10-8-7-9-11-18/h7-15,17,22,32H,5-6,16H2,1-4H3,(H,33,35). The number of carbonyl (C=O) groups excluding carboxylic acids is 1. The molecule has 2 N–H and O–H groups in total. The maximum Gasteiger partial charge on any atom is 0.416 e. The molecule has 1 aliphatic rings. The molecule has 0 saturated heterocycles. The van der Waals surface area contributed by atoms with Crippen LogP contribution in [-0.2, 0) is 17.3 Å². The third-order valence-electron chi connectivity index (χ3n) is 7.13. The van der Waals surface area contributed by atoms with E-state index in [2.05, 4.69) is 41.7 Å². The predicted molar refractivity (Wildman–Crippen MR) is 130 cm³/mol. The van der Waals surface area contributed by atoms with Crippen molar-refractivity contribution in [3.05, 3.63) is 83.0 Å². The Morgan fingerprint density at radius 3 is 2.23 bits per heavy atom. The normalized spacial score (nSPS) is 17.4. The molecular formula is C27H31F3N4O. The molecule has 0 spiro atoms.